The fourth-order valence-corrected chi connectivity index (χ4v) is 7.10. The van der Waals surface area contributed by atoms with Gasteiger partial charge in [-0.3, -0.25) is 0 Å². The fraction of sp³-hybridized carbons (Fsp3) is 0.783. The maximum absolute atomic E-state index is 6.21. The fourth-order valence-electron chi connectivity index (χ4n) is 7.10. The molecule has 1 saturated heterocycles. The molecule has 4 unspecified atom stereocenters. The quantitative estimate of drug-likeness (QED) is 0.831. The predicted molar refractivity (Wildman–Crippen MR) is 114 cm³/mol. The maximum Gasteiger partial charge on any atom is 0.129 e. The van der Waals surface area contributed by atoms with Gasteiger partial charge in [-0.15, -0.1) is 0 Å². The van der Waals surface area contributed by atoms with Crippen molar-refractivity contribution in [2.24, 2.45) is 28.9 Å². The van der Waals surface area contributed by atoms with Crippen LogP contribution in [0.5, 0.6) is 0 Å². The van der Waals surface area contributed by atoms with Crippen LogP contribution in [0.15, 0.2) is 12.1 Å². The summed E-state index contributed by atoms with van der Waals surface area (Å²) in [7, 11) is 0. The van der Waals surface area contributed by atoms with E-state index in [1.54, 1.807) is 0 Å². The van der Waals surface area contributed by atoms with E-state index >= 15 is 0 Å². The summed E-state index contributed by atoms with van der Waals surface area (Å²) in [6.45, 7) is 9.15. The molecule has 1 aromatic rings. The van der Waals surface area contributed by atoms with E-state index in [0.717, 1.165) is 48.9 Å². The van der Waals surface area contributed by atoms with Gasteiger partial charge in [0.15, 0.2) is 0 Å². The molecule has 1 aromatic heterocycles. The third-order valence-corrected chi connectivity index (χ3v) is 7.97. The highest BCUT2D eigenvalue weighted by Crippen LogP contribution is 2.60. The molecule has 5 fully saturated rings. The first-order valence-electron chi connectivity index (χ1n) is 11.3. The summed E-state index contributed by atoms with van der Waals surface area (Å²) in [5.41, 5.74) is 9.00. The summed E-state index contributed by atoms with van der Waals surface area (Å²) in [6, 6.07) is 5.05. The monoisotopic (exact) mass is 384 g/mol. The van der Waals surface area contributed by atoms with Gasteiger partial charge < -0.3 is 20.7 Å². The van der Waals surface area contributed by atoms with Gasteiger partial charge in [0, 0.05) is 19.1 Å². The van der Waals surface area contributed by atoms with Gasteiger partial charge in [-0.1, -0.05) is 0 Å². The van der Waals surface area contributed by atoms with E-state index in [0.29, 0.717) is 11.5 Å². The molecule has 5 aliphatic rings. The Morgan fingerprint density at radius 3 is 2.43 bits per heavy atom. The number of anilines is 2. The van der Waals surface area contributed by atoms with Crippen LogP contribution in [-0.2, 0) is 4.74 Å². The minimum atomic E-state index is 0.256. The van der Waals surface area contributed by atoms with Gasteiger partial charge in [0.25, 0.3) is 0 Å². The Hall–Kier alpha value is -1.33. The second-order valence-corrected chi connectivity index (χ2v) is 10.3. The minimum absolute atomic E-state index is 0.256. The van der Waals surface area contributed by atoms with Crippen molar-refractivity contribution >= 4 is 11.5 Å². The molecule has 4 saturated carbocycles. The first-order valence-corrected chi connectivity index (χ1v) is 11.3. The normalized spacial score (nSPS) is 42.1. The lowest BCUT2D eigenvalue weighted by molar-refractivity contribution is -0.0558. The molecule has 5 heteroatoms. The lowest BCUT2D eigenvalue weighted by Gasteiger charge is -2.60. The molecule has 4 atom stereocenters. The summed E-state index contributed by atoms with van der Waals surface area (Å²) in [4.78, 5) is 7.33. The smallest absolute Gasteiger partial charge is 0.129 e. The van der Waals surface area contributed by atoms with Gasteiger partial charge in [-0.25, -0.2) is 4.98 Å². The molecule has 0 spiro atoms. The number of nitrogens with two attached hydrogens (primary N) is 1. The molecule has 0 aromatic carbocycles. The van der Waals surface area contributed by atoms with E-state index in [-0.39, 0.29) is 12.2 Å². The number of hydrogen-bond acceptors (Lipinski definition) is 5. The Labute approximate surface area is 169 Å². The highest BCUT2D eigenvalue weighted by Gasteiger charge is 2.54. The number of ether oxygens (including phenoxy) is 1. The van der Waals surface area contributed by atoms with E-state index in [1.807, 2.05) is 0 Å². The first-order chi connectivity index (χ1) is 13.4. The number of aryl methyl sites for hydroxylation is 1. The molecule has 28 heavy (non-hydrogen) atoms. The summed E-state index contributed by atoms with van der Waals surface area (Å²) in [5, 5.41) is 3.93. The molecule has 6 rings (SSSR count). The van der Waals surface area contributed by atoms with E-state index in [9.17, 15) is 0 Å². The van der Waals surface area contributed by atoms with Crippen molar-refractivity contribution in [3.8, 4) is 0 Å². The van der Waals surface area contributed by atoms with Crippen LogP contribution in [0.25, 0.3) is 0 Å². The van der Waals surface area contributed by atoms with E-state index < -0.39 is 0 Å². The number of aromatic nitrogens is 1. The van der Waals surface area contributed by atoms with E-state index in [1.165, 1.54) is 37.8 Å². The van der Waals surface area contributed by atoms with Crippen LogP contribution in [0.3, 0.4) is 0 Å². The van der Waals surface area contributed by atoms with Crippen LogP contribution in [0.4, 0.5) is 11.5 Å². The molecule has 4 bridgehead atoms. The van der Waals surface area contributed by atoms with Crippen LogP contribution in [0, 0.1) is 30.1 Å². The molecular formula is C23H36N4O. The zero-order chi connectivity index (χ0) is 19.5. The summed E-state index contributed by atoms with van der Waals surface area (Å²) in [5.74, 6) is 3.58. The number of rotatable bonds is 4. The number of pyridine rings is 1. The lowest BCUT2D eigenvalue weighted by Crippen LogP contribution is -2.58. The Kier molecular flexibility index (Phi) is 4.59. The standard InChI is InChI=1S/C23H36N4O/c1-14-11-27(12-15(2)28-14)21-5-4-20(16(3)25-21)26-22-18-6-17-7-19(22)10-23(8-17,9-18)13-24/h4-5,14-15,17-19,22,26H,6-13,24H2,1-3H3. The topological polar surface area (TPSA) is 63.4 Å². The second kappa shape index (κ2) is 6.88. The average molecular weight is 385 g/mol. The third kappa shape index (κ3) is 3.21. The van der Waals surface area contributed by atoms with Gasteiger partial charge in [0.2, 0.25) is 0 Å². The molecule has 3 N–H and O–H groups in total. The Morgan fingerprint density at radius 1 is 1.14 bits per heavy atom. The highest BCUT2D eigenvalue weighted by atomic mass is 16.5. The summed E-state index contributed by atoms with van der Waals surface area (Å²) >= 11 is 0. The van der Waals surface area contributed by atoms with Crippen molar-refractivity contribution in [2.45, 2.75) is 71.1 Å². The Balaban J connectivity index is 1.31. The van der Waals surface area contributed by atoms with Crippen molar-refractivity contribution in [1.82, 2.24) is 4.98 Å². The van der Waals surface area contributed by atoms with Crippen LogP contribution in [0.2, 0.25) is 0 Å². The number of hydrogen-bond donors (Lipinski definition) is 2. The van der Waals surface area contributed by atoms with Crippen molar-refractivity contribution in [1.29, 1.82) is 0 Å². The molecule has 0 radical (unpaired) electrons. The van der Waals surface area contributed by atoms with Crippen molar-refractivity contribution in [3.63, 3.8) is 0 Å². The summed E-state index contributed by atoms with van der Waals surface area (Å²) in [6.07, 6.45) is 7.33. The first kappa shape index (κ1) is 18.7. The van der Waals surface area contributed by atoms with E-state index in [2.05, 4.69) is 43.1 Å². The molecular weight excluding hydrogens is 348 g/mol. The van der Waals surface area contributed by atoms with Crippen LogP contribution in [0.1, 0.15) is 51.6 Å². The molecule has 0 amide bonds. The second-order valence-electron chi connectivity index (χ2n) is 10.3. The zero-order valence-electron chi connectivity index (χ0n) is 17.7. The van der Waals surface area contributed by atoms with Crippen molar-refractivity contribution in [2.75, 3.05) is 29.9 Å². The molecule has 154 valence electrons. The third-order valence-electron chi connectivity index (χ3n) is 7.97. The van der Waals surface area contributed by atoms with Gasteiger partial charge >= 0.3 is 0 Å². The maximum atomic E-state index is 6.21. The SMILES string of the molecule is Cc1nc(N2CC(C)OC(C)C2)ccc1NC1C2CC3CC1CC(CN)(C3)C2. The number of nitrogens with one attached hydrogen (secondary N) is 1. The molecule has 2 heterocycles. The average Bonchev–Trinajstić information content (AvgIpc) is 2.64. The largest absolute Gasteiger partial charge is 0.380 e. The molecule has 5 nitrogen and oxygen atoms in total. The van der Waals surface area contributed by atoms with Crippen LogP contribution >= 0.6 is 0 Å². The zero-order valence-corrected chi connectivity index (χ0v) is 17.7. The molecule has 4 aliphatic carbocycles. The van der Waals surface area contributed by atoms with Crippen molar-refractivity contribution in [3.05, 3.63) is 17.8 Å². The minimum Gasteiger partial charge on any atom is -0.380 e. The number of morpholine rings is 1. The van der Waals surface area contributed by atoms with Crippen LogP contribution < -0.4 is 16.0 Å². The highest BCUT2D eigenvalue weighted by molar-refractivity contribution is 5.54. The van der Waals surface area contributed by atoms with E-state index in [4.69, 9.17) is 15.5 Å². The number of nitrogens with zero attached hydrogens (tertiary/aromatic N) is 2. The Morgan fingerprint density at radius 2 is 1.82 bits per heavy atom. The van der Waals surface area contributed by atoms with Gasteiger partial charge in [-0.05, 0) is 94.7 Å². The van der Waals surface area contributed by atoms with Crippen LogP contribution in [-0.4, -0.2) is 42.9 Å². The predicted octanol–water partition coefficient (Wildman–Crippen LogP) is 3.57. The summed E-state index contributed by atoms with van der Waals surface area (Å²) < 4.78 is 5.87. The lowest BCUT2D eigenvalue weighted by atomic mass is 9.48. The Bertz CT molecular complexity index is 711. The molecule has 1 aliphatic heterocycles. The van der Waals surface area contributed by atoms with Gasteiger partial charge in [0.1, 0.15) is 5.82 Å². The van der Waals surface area contributed by atoms with Gasteiger partial charge in [-0.2, -0.15) is 0 Å². The van der Waals surface area contributed by atoms with Gasteiger partial charge in [0.05, 0.1) is 23.6 Å². The van der Waals surface area contributed by atoms with Crippen molar-refractivity contribution < 1.29 is 4.74 Å².